The third-order valence-electron chi connectivity index (χ3n) is 7.04. The third-order valence-corrected chi connectivity index (χ3v) is 7.04. The minimum Gasteiger partial charge on any atom is -0.380 e. The fourth-order valence-electron chi connectivity index (χ4n) is 4.83. The summed E-state index contributed by atoms with van der Waals surface area (Å²) in [6.45, 7) is 1.96. The van der Waals surface area contributed by atoms with Crippen molar-refractivity contribution in [2.24, 2.45) is 7.05 Å². The van der Waals surface area contributed by atoms with Crippen molar-refractivity contribution in [2.45, 2.75) is 31.8 Å². The van der Waals surface area contributed by atoms with Crippen molar-refractivity contribution in [3.8, 4) is 0 Å². The quantitative estimate of drug-likeness (QED) is 0.409. The number of pyridine rings is 1. The summed E-state index contributed by atoms with van der Waals surface area (Å²) in [7, 11) is 1.88. The van der Waals surface area contributed by atoms with Crippen LogP contribution in [-0.2, 0) is 20.1 Å². The molecule has 0 aliphatic carbocycles. The van der Waals surface area contributed by atoms with Crippen LogP contribution >= 0.6 is 0 Å². The minimum absolute atomic E-state index is 0.110. The van der Waals surface area contributed by atoms with E-state index < -0.39 is 0 Å². The maximum absolute atomic E-state index is 13.8. The molecule has 1 amide bonds. The molecule has 1 N–H and O–H groups in total. The van der Waals surface area contributed by atoms with Gasteiger partial charge in [-0.2, -0.15) is 0 Å². The number of benzene rings is 2. The Balaban J connectivity index is 1.38. The molecule has 5 rings (SSSR count). The molecule has 8 heteroatoms. The van der Waals surface area contributed by atoms with E-state index in [2.05, 4.69) is 10.3 Å². The molecule has 0 spiro atoms. The highest BCUT2D eigenvalue weighted by Gasteiger charge is 2.27. The van der Waals surface area contributed by atoms with Gasteiger partial charge in [0.05, 0.1) is 17.8 Å². The largest absolute Gasteiger partial charge is 0.380 e. The molecule has 1 aliphatic heterocycles. The number of piperidine rings is 1. The summed E-state index contributed by atoms with van der Waals surface area (Å²) >= 11 is 0. The summed E-state index contributed by atoms with van der Waals surface area (Å²) in [5.74, 6) is 0.664. The van der Waals surface area contributed by atoms with Gasteiger partial charge < -0.3 is 19.4 Å². The van der Waals surface area contributed by atoms with Gasteiger partial charge in [0.1, 0.15) is 11.6 Å². The van der Waals surface area contributed by atoms with Gasteiger partial charge in [-0.1, -0.05) is 42.5 Å². The average molecular weight is 500 g/mol. The molecule has 2 aromatic heterocycles. The molecular weight excluding hydrogens is 469 g/mol. The molecule has 0 unspecified atom stereocenters. The smallest absolute Gasteiger partial charge is 0.257 e. The van der Waals surface area contributed by atoms with Crippen LogP contribution in [0.4, 0.5) is 10.1 Å². The van der Waals surface area contributed by atoms with Crippen LogP contribution in [0.3, 0.4) is 0 Å². The minimum atomic E-state index is -0.243. The average Bonchev–Trinajstić information content (AvgIpc) is 3.33. The highest BCUT2D eigenvalue weighted by Crippen LogP contribution is 2.29. The lowest BCUT2D eigenvalue weighted by Crippen LogP contribution is -2.39. The molecule has 1 saturated heterocycles. The predicted octanol–water partition coefficient (Wildman–Crippen LogP) is 4.40. The Morgan fingerprint density at radius 2 is 1.81 bits per heavy atom. The van der Waals surface area contributed by atoms with Gasteiger partial charge in [-0.25, -0.2) is 9.37 Å². The maximum atomic E-state index is 13.8. The number of aromatic nitrogens is 3. The van der Waals surface area contributed by atoms with Crippen LogP contribution in [0.1, 0.15) is 46.1 Å². The molecule has 2 aromatic carbocycles. The fourth-order valence-corrected chi connectivity index (χ4v) is 4.83. The normalized spacial score (nSPS) is 14.1. The van der Waals surface area contributed by atoms with Gasteiger partial charge in [0.2, 0.25) is 0 Å². The standard InChI is InChI=1S/C29H30FN5O2/c1-33-16-13-31-27(33)20-35-19-25(26(17-28(35)36)32-18-21-5-3-2-4-6-21)29(37)34-14-11-23(12-15-34)22-7-9-24(30)10-8-22/h2-10,13,16-17,19,23,32H,11-12,14-15,18,20H2,1H3. The lowest BCUT2D eigenvalue weighted by molar-refractivity contribution is 0.0713. The second-order valence-corrected chi connectivity index (χ2v) is 9.48. The van der Waals surface area contributed by atoms with Crippen molar-refractivity contribution in [2.75, 3.05) is 18.4 Å². The van der Waals surface area contributed by atoms with E-state index in [0.717, 1.165) is 29.8 Å². The van der Waals surface area contributed by atoms with E-state index in [4.69, 9.17) is 0 Å². The summed E-state index contributed by atoms with van der Waals surface area (Å²) in [6, 6.07) is 18.0. The molecule has 0 radical (unpaired) electrons. The number of hydrogen-bond donors (Lipinski definition) is 1. The summed E-state index contributed by atoms with van der Waals surface area (Å²) < 4.78 is 16.7. The van der Waals surface area contributed by atoms with Gasteiger partial charge >= 0.3 is 0 Å². The first kappa shape index (κ1) is 24.5. The molecule has 0 saturated carbocycles. The highest BCUT2D eigenvalue weighted by atomic mass is 19.1. The molecule has 190 valence electrons. The van der Waals surface area contributed by atoms with Crippen molar-refractivity contribution in [3.05, 3.63) is 118 Å². The van der Waals surface area contributed by atoms with E-state index in [1.165, 1.54) is 22.8 Å². The molecule has 0 atom stereocenters. The van der Waals surface area contributed by atoms with Crippen LogP contribution < -0.4 is 10.9 Å². The van der Waals surface area contributed by atoms with Gasteiger partial charge in [0.25, 0.3) is 11.5 Å². The van der Waals surface area contributed by atoms with Crippen LogP contribution in [0, 0.1) is 5.82 Å². The SMILES string of the molecule is Cn1ccnc1Cn1cc(C(=O)N2CCC(c3ccc(F)cc3)CC2)c(NCc2ccccc2)cc1=O. The van der Waals surface area contributed by atoms with Crippen LogP contribution in [0.5, 0.6) is 0 Å². The van der Waals surface area contributed by atoms with Crippen molar-refractivity contribution in [1.82, 2.24) is 19.0 Å². The number of nitrogens with zero attached hydrogens (tertiary/aromatic N) is 4. The van der Waals surface area contributed by atoms with Gasteiger partial charge in [-0.15, -0.1) is 0 Å². The van der Waals surface area contributed by atoms with E-state index >= 15 is 0 Å². The number of halogens is 1. The van der Waals surface area contributed by atoms with Gasteiger partial charge in [-0.3, -0.25) is 9.59 Å². The summed E-state index contributed by atoms with van der Waals surface area (Å²) in [5.41, 5.74) is 2.94. The van der Waals surface area contributed by atoms with E-state index in [-0.39, 0.29) is 29.7 Å². The molecule has 7 nitrogen and oxygen atoms in total. The van der Waals surface area contributed by atoms with Crippen molar-refractivity contribution >= 4 is 11.6 Å². The van der Waals surface area contributed by atoms with E-state index in [1.54, 1.807) is 12.4 Å². The molecule has 1 fully saturated rings. The molecule has 3 heterocycles. The first-order valence-corrected chi connectivity index (χ1v) is 12.5. The van der Waals surface area contributed by atoms with Crippen molar-refractivity contribution < 1.29 is 9.18 Å². The molecular formula is C29H30FN5O2. The summed E-state index contributed by atoms with van der Waals surface area (Å²) in [5, 5.41) is 3.31. The number of hydrogen-bond acceptors (Lipinski definition) is 4. The maximum Gasteiger partial charge on any atom is 0.257 e. The third kappa shape index (κ3) is 5.63. The predicted molar refractivity (Wildman–Crippen MR) is 141 cm³/mol. The Morgan fingerprint density at radius 3 is 2.49 bits per heavy atom. The second-order valence-electron chi connectivity index (χ2n) is 9.48. The Labute approximate surface area is 215 Å². The van der Waals surface area contributed by atoms with Crippen molar-refractivity contribution in [1.29, 1.82) is 0 Å². The number of carbonyl (C=O) groups is 1. The second kappa shape index (κ2) is 10.8. The first-order chi connectivity index (χ1) is 18.0. The van der Waals surface area contributed by atoms with E-state index in [0.29, 0.717) is 30.9 Å². The number of rotatable bonds is 7. The highest BCUT2D eigenvalue weighted by molar-refractivity contribution is 5.99. The number of anilines is 1. The zero-order valence-electron chi connectivity index (χ0n) is 20.8. The summed E-state index contributed by atoms with van der Waals surface area (Å²) in [6.07, 6.45) is 6.77. The monoisotopic (exact) mass is 499 g/mol. The Bertz CT molecular complexity index is 1420. The number of nitrogens with one attached hydrogen (secondary N) is 1. The molecule has 37 heavy (non-hydrogen) atoms. The fraction of sp³-hybridized carbons (Fsp3) is 0.276. The molecule has 4 aromatic rings. The summed E-state index contributed by atoms with van der Waals surface area (Å²) in [4.78, 5) is 32.9. The van der Waals surface area contributed by atoms with Crippen LogP contribution in [-0.4, -0.2) is 38.0 Å². The van der Waals surface area contributed by atoms with Crippen molar-refractivity contribution in [3.63, 3.8) is 0 Å². The number of likely N-dealkylation sites (tertiary alicyclic amines) is 1. The Hall–Kier alpha value is -4.20. The topological polar surface area (TPSA) is 72.2 Å². The van der Waals surface area contributed by atoms with Gasteiger partial charge in [-0.05, 0) is 42.0 Å². The zero-order valence-corrected chi connectivity index (χ0v) is 20.8. The molecule has 0 bridgehead atoms. The first-order valence-electron chi connectivity index (χ1n) is 12.5. The van der Waals surface area contributed by atoms with Crippen LogP contribution in [0.25, 0.3) is 0 Å². The van der Waals surface area contributed by atoms with Crippen LogP contribution in [0.2, 0.25) is 0 Å². The Kier molecular flexibility index (Phi) is 7.16. The van der Waals surface area contributed by atoms with Crippen LogP contribution in [0.15, 0.2) is 84.0 Å². The zero-order chi connectivity index (χ0) is 25.8. The number of imidazole rings is 1. The number of carbonyl (C=O) groups excluding carboxylic acids is 1. The van der Waals surface area contributed by atoms with Gasteiger partial charge in [0.15, 0.2) is 0 Å². The molecule has 1 aliphatic rings. The lowest BCUT2D eigenvalue weighted by Gasteiger charge is -2.33. The number of amides is 1. The van der Waals surface area contributed by atoms with Gasteiger partial charge in [0, 0.05) is 51.3 Å². The number of aryl methyl sites for hydroxylation is 1. The van der Waals surface area contributed by atoms with E-state index in [9.17, 15) is 14.0 Å². The lowest BCUT2D eigenvalue weighted by atomic mass is 9.89. The Morgan fingerprint density at radius 1 is 1.08 bits per heavy atom. The van der Waals surface area contributed by atoms with E-state index in [1.807, 2.05) is 65.2 Å².